The molecule has 0 unspecified atom stereocenters. The molecule has 0 spiro atoms. The average Bonchev–Trinajstić information content (AvgIpc) is 3.03. The van der Waals surface area contributed by atoms with Crippen molar-refractivity contribution in [3.63, 3.8) is 0 Å². The lowest BCUT2D eigenvalue weighted by Crippen LogP contribution is -2.26. The third-order valence-electron chi connectivity index (χ3n) is 3.70. The van der Waals surface area contributed by atoms with Crippen LogP contribution in [0.4, 0.5) is 0 Å². The molecule has 1 saturated heterocycles. The van der Waals surface area contributed by atoms with Crippen molar-refractivity contribution in [3.05, 3.63) is 40.3 Å². The van der Waals surface area contributed by atoms with Crippen LogP contribution in [0.1, 0.15) is 29.5 Å². The molecule has 1 aliphatic rings. The summed E-state index contributed by atoms with van der Waals surface area (Å²) in [5.41, 5.74) is 1.04. The van der Waals surface area contributed by atoms with Gasteiger partial charge in [0.05, 0.1) is 10.7 Å². The molecule has 1 fully saturated rings. The maximum absolute atomic E-state index is 5.81. The number of ether oxygens (including phenoxy) is 1. The Morgan fingerprint density at radius 1 is 1.29 bits per heavy atom. The molecule has 3 rings (SSSR count). The van der Waals surface area contributed by atoms with Gasteiger partial charge in [0, 0.05) is 16.2 Å². The summed E-state index contributed by atoms with van der Waals surface area (Å²) in [7, 11) is 0. The minimum Gasteiger partial charge on any atom is -0.487 e. The zero-order valence-corrected chi connectivity index (χ0v) is 13.8. The first-order chi connectivity index (χ1) is 10.3. The van der Waals surface area contributed by atoms with Gasteiger partial charge < -0.3 is 10.1 Å². The Bertz CT molecular complexity index is 562. The summed E-state index contributed by atoms with van der Waals surface area (Å²) in [6, 6.07) is 8.21. The number of hydrogen-bond donors (Lipinski definition) is 1. The Hall–Kier alpha value is -1.04. The van der Waals surface area contributed by atoms with E-state index in [4.69, 9.17) is 9.72 Å². The second-order valence-electron chi connectivity index (χ2n) is 5.17. The summed E-state index contributed by atoms with van der Waals surface area (Å²) in [4.78, 5) is 6.00. The van der Waals surface area contributed by atoms with Crippen LogP contribution in [0.3, 0.4) is 0 Å². The first-order valence-corrected chi connectivity index (χ1v) is 9.37. The highest BCUT2D eigenvalue weighted by Crippen LogP contribution is 2.28. The number of thiazole rings is 1. The topological polar surface area (TPSA) is 34.1 Å². The smallest absolute Gasteiger partial charge is 0.131 e. The summed E-state index contributed by atoms with van der Waals surface area (Å²) in [6.45, 7) is 2.77. The molecule has 1 aromatic heterocycles. The summed E-state index contributed by atoms with van der Waals surface area (Å²) >= 11 is 3.51. The predicted molar refractivity (Wildman–Crippen MR) is 89.5 cm³/mol. The highest BCUT2D eigenvalue weighted by molar-refractivity contribution is 7.98. The van der Waals surface area contributed by atoms with Gasteiger partial charge in [0.25, 0.3) is 0 Å². The van der Waals surface area contributed by atoms with Crippen LogP contribution in [0.5, 0.6) is 5.75 Å². The first kappa shape index (κ1) is 14.9. The van der Waals surface area contributed by atoms with Gasteiger partial charge in [0.1, 0.15) is 12.4 Å². The van der Waals surface area contributed by atoms with Crippen molar-refractivity contribution in [2.75, 3.05) is 19.3 Å². The van der Waals surface area contributed by atoms with Crippen molar-refractivity contribution in [3.8, 4) is 5.75 Å². The van der Waals surface area contributed by atoms with Crippen molar-refractivity contribution < 1.29 is 4.74 Å². The molecule has 5 heteroatoms. The maximum atomic E-state index is 5.81. The molecule has 0 atom stereocenters. The summed E-state index contributed by atoms with van der Waals surface area (Å²) in [5.74, 6) is 1.54. The van der Waals surface area contributed by atoms with E-state index in [0.717, 1.165) is 24.5 Å². The van der Waals surface area contributed by atoms with Crippen LogP contribution in [0.15, 0.2) is 34.5 Å². The van der Waals surface area contributed by atoms with E-state index < -0.39 is 0 Å². The van der Waals surface area contributed by atoms with Crippen molar-refractivity contribution in [1.82, 2.24) is 10.3 Å². The first-order valence-electron chi connectivity index (χ1n) is 7.27. The van der Waals surface area contributed by atoms with E-state index in [-0.39, 0.29) is 0 Å². The summed E-state index contributed by atoms with van der Waals surface area (Å²) in [5, 5.41) is 6.80. The fraction of sp³-hybridized carbons (Fsp3) is 0.438. The van der Waals surface area contributed by atoms with Gasteiger partial charge in [-0.25, -0.2) is 4.98 Å². The fourth-order valence-corrected chi connectivity index (χ4v) is 3.86. The van der Waals surface area contributed by atoms with Gasteiger partial charge in [-0.05, 0) is 56.5 Å². The third kappa shape index (κ3) is 3.99. The van der Waals surface area contributed by atoms with Crippen molar-refractivity contribution in [2.45, 2.75) is 30.3 Å². The largest absolute Gasteiger partial charge is 0.487 e. The van der Waals surface area contributed by atoms with E-state index in [0.29, 0.717) is 12.5 Å². The summed E-state index contributed by atoms with van der Waals surface area (Å²) < 4.78 is 5.81. The van der Waals surface area contributed by atoms with Gasteiger partial charge in [0.2, 0.25) is 0 Å². The molecule has 1 N–H and O–H groups in total. The number of piperidine rings is 1. The van der Waals surface area contributed by atoms with E-state index in [2.05, 4.69) is 29.1 Å². The van der Waals surface area contributed by atoms with Crippen LogP contribution in [0.2, 0.25) is 0 Å². The Labute approximate surface area is 134 Å². The average molecular weight is 320 g/mol. The lowest BCUT2D eigenvalue weighted by atomic mass is 9.99. The van der Waals surface area contributed by atoms with Crippen LogP contribution in [-0.4, -0.2) is 24.3 Å². The van der Waals surface area contributed by atoms with E-state index >= 15 is 0 Å². The molecule has 0 radical (unpaired) electrons. The molecule has 2 aromatic rings. The molecule has 2 heterocycles. The zero-order chi connectivity index (χ0) is 14.5. The number of rotatable bonds is 5. The molecule has 0 aliphatic carbocycles. The van der Waals surface area contributed by atoms with E-state index in [1.54, 1.807) is 23.1 Å². The van der Waals surface area contributed by atoms with E-state index in [1.807, 2.05) is 12.1 Å². The number of hydrogen-bond acceptors (Lipinski definition) is 5. The van der Waals surface area contributed by atoms with Crippen LogP contribution >= 0.6 is 23.1 Å². The minimum absolute atomic E-state index is 0.556. The predicted octanol–water partition coefficient (Wildman–Crippen LogP) is 3.91. The molecule has 1 aliphatic heterocycles. The maximum Gasteiger partial charge on any atom is 0.131 e. The molecular weight excluding hydrogens is 300 g/mol. The van der Waals surface area contributed by atoms with Crippen molar-refractivity contribution in [1.29, 1.82) is 0 Å². The monoisotopic (exact) mass is 320 g/mol. The Morgan fingerprint density at radius 2 is 2.05 bits per heavy atom. The molecular formula is C16H20N2OS2. The van der Waals surface area contributed by atoms with Crippen LogP contribution in [-0.2, 0) is 6.61 Å². The number of nitrogens with one attached hydrogen (secondary N) is 1. The lowest BCUT2D eigenvalue weighted by molar-refractivity contribution is 0.301. The highest BCUT2D eigenvalue weighted by atomic mass is 32.2. The highest BCUT2D eigenvalue weighted by Gasteiger charge is 2.18. The second-order valence-corrected chi connectivity index (χ2v) is 6.93. The molecule has 0 bridgehead atoms. The second kappa shape index (κ2) is 7.29. The quantitative estimate of drug-likeness (QED) is 0.847. The van der Waals surface area contributed by atoms with E-state index in [1.165, 1.54) is 22.7 Å². The number of thioether (sulfide) groups is 1. The molecule has 1 aromatic carbocycles. The lowest BCUT2D eigenvalue weighted by Gasteiger charge is -2.20. The SMILES string of the molecule is CSc1ccc(OCc2csc(C3CCNCC3)n2)cc1. The zero-order valence-electron chi connectivity index (χ0n) is 12.2. The van der Waals surface area contributed by atoms with Gasteiger partial charge in [0.15, 0.2) is 0 Å². The normalized spacial score (nSPS) is 16.0. The van der Waals surface area contributed by atoms with Gasteiger partial charge in [-0.15, -0.1) is 23.1 Å². The van der Waals surface area contributed by atoms with Crippen LogP contribution < -0.4 is 10.1 Å². The van der Waals surface area contributed by atoms with Crippen LogP contribution in [0, 0.1) is 0 Å². The Balaban J connectivity index is 1.56. The minimum atomic E-state index is 0.556. The van der Waals surface area contributed by atoms with Crippen LogP contribution in [0.25, 0.3) is 0 Å². The van der Waals surface area contributed by atoms with Gasteiger partial charge >= 0.3 is 0 Å². The Kier molecular flexibility index (Phi) is 5.17. The van der Waals surface area contributed by atoms with E-state index in [9.17, 15) is 0 Å². The van der Waals surface area contributed by atoms with Gasteiger partial charge in [-0.2, -0.15) is 0 Å². The third-order valence-corrected chi connectivity index (χ3v) is 5.50. The fourth-order valence-electron chi connectivity index (χ4n) is 2.47. The molecule has 112 valence electrons. The Morgan fingerprint density at radius 3 is 2.76 bits per heavy atom. The van der Waals surface area contributed by atoms with Gasteiger partial charge in [-0.1, -0.05) is 0 Å². The summed E-state index contributed by atoms with van der Waals surface area (Å²) in [6.07, 6.45) is 4.47. The standard InChI is InChI=1S/C16H20N2OS2/c1-20-15-4-2-14(3-5-15)19-10-13-11-21-16(18-13)12-6-8-17-9-7-12/h2-5,11-12,17H,6-10H2,1H3. The molecule has 21 heavy (non-hydrogen) atoms. The number of nitrogens with zero attached hydrogens (tertiary/aromatic N) is 1. The number of benzene rings is 1. The molecule has 0 saturated carbocycles. The van der Waals surface area contributed by atoms with Gasteiger partial charge in [-0.3, -0.25) is 0 Å². The number of aromatic nitrogens is 1. The molecule has 0 amide bonds. The van der Waals surface area contributed by atoms with Crippen molar-refractivity contribution >= 4 is 23.1 Å². The molecule has 3 nitrogen and oxygen atoms in total. The van der Waals surface area contributed by atoms with Crippen molar-refractivity contribution in [2.24, 2.45) is 0 Å².